The highest BCUT2D eigenvalue weighted by Gasteiger charge is 2.27. The fraction of sp³-hybridized carbons (Fsp3) is 0.304. The Labute approximate surface area is 164 Å². The fourth-order valence-electron chi connectivity index (χ4n) is 3.86. The number of aryl methyl sites for hydroxylation is 1. The number of carbonyl (C=O) groups is 2. The molecule has 0 fully saturated rings. The predicted octanol–water partition coefficient (Wildman–Crippen LogP) is 3.54. The first-order valence-corrected chi connectivity index (χ1v) is 9.56. The average Bonchev–Trinajstić information content (AvgIpc) is 2.76. The van der Waals surface area contributed by atoms with Crippen molar-refractivity contribution in [2.75, 3.05) is 20.3 Å². The number of nitrogens with zero attached hydrogens (tertiary/aromatic N) is 1. The minimum absolute atomic E-state index is 0.0280. The second kappa shape index (κ2) is 7.89. The van der Waals surface area contributed by atoms with Crippen LogP contribution < -0.4 is 4.74 Å². The zero-order valence-electron chi connectivity index (χ0n) is 15.9. The van der Waals surface area contributed by atoms with E-state index >= 15 is 0 Å². The minimum Gasteiger partial charge on any atom is -0.488 e. The largest absolute Gasteiger partial charge is 0.488 e. The smallest absolute Gasteiger partial charge is 0.338 e. The van der Waals surface area contributed by atoms with Crippen molar-refractivity contribution in [2.45, 2.75) is 25.3 Å². The maximum Gasteiger partial charge on any atom is 0.338 e. The minimum atomic E-state index is -0.514. The summed E-state index contributed by atoms with van der Waals surface area (Å²) < 4.78 is 10.9. The van der Waals surface area contributed by atoms with Crippen LogP contribution in [0.25, 0.3) is 6.08 Å². The van der Waals surface area contributed by atoms with Crippen molar-refractivity contribution in [2.24, 2.45) is 0 Å². The molecule has 0 spiro atoms. The van der Waals surface area contributed by atoms with E-state index in [2.05, 4.69) is 12.1 Å². The van der Waals surface area contributed by atoms with E-state index in [4.69, 9.17) is 9.47 Å². The van der Waals surface area contributed by atoms with E-state index in [9.17, 15) is 9.59 Å². The topological polar surface area (TPSA) is 55.8 Å². The lowest BCUT2D eigenvalue weighted by molar-refractivity contribution is -0.149. The van der Waals surface area contributed by atoms with Gasteiger partial charge in [0.15, 0.2) is 6.61 Å². The Bertz CT molecular complexity index is 934. The van der Waals surface area contributed by atoms with Crippen molar-refractivity contribution in [1.29, 1.82) is 0 Å². The first-order chi connectivity index (χ1) is 13.6. The van der Waals surface area contributed by atoms with Gasteiger partial charge in [-0.15, -0.1) is 0 Å². The van der Waals surface area contributed by atoms with Crippen LogP contribution in [0.15, 0.2) is 54.1 Å². The number of fused-ring (bicyclic) bond motifs is 2. The summed E-state index contributed by atoms with van der Waals surface area (Å²) in [6.07, 6.45) is 4.76. The monoisotopic (exact) mass is 377 g/mol. The van der Waals surface area contributed by atoms with E-state index in [1.54, 1.807) is 18.0 Å². The third-order valence-electron chi connectivity index (χ3n) is 5.42. The molecule has 144 valence electrons. The summed E-state index contributed by atoms with van der Waals surface area (Å²) in [7, 11) is 1.78. The van der Waals surface area contributed by atoms with Gasteiger partial charge < -0.3 is 14.4 Å². The zero-order chi connectivity index (χ0) is 19.5. The molecule has 5 nitrogen and oxygen atoms in total. The van der Waals surface area contributed by atoms with Crippen molar-refractivity contribution < 1.29 is 19.1 Å². The van der Waals surface area contributed by atoms with Gasteiger partial charge in [-0.1, -0.05) is 42.5 Å². The molecule has 4 rings (SSSR count). The lowest BCUT2D eigenvalue weighted by Crippen LogP contribution is -2.36. The number of carbonyl (C=O) groups excluding carboxylic acids is 2. The normalized spacial score (nSPS) is 17.5. The van der Waals surface area contributed by atoms with Crippen LogP contribution in [0.1, 0.15) is 35.6 Å². The summed E-state index contributed by atoms with van der Waals surface area (Å²) in [5, 5.41) is 0. The molecule has 0 saturated carbocycles. The summed E-state index contributed by atoms with van der Waals surface area (Å²) in [6.45, 7) is -0.122. The van der Waals surface area contributed by atoms with Crippen LogP contribution >= 0.6 is 0 Å². The molecule has 2 aromatic rings. The van der Waals surface area contributed by atoms with Gasteiger partial charge in [0.25, 0.3) is 5.91 Å². The lowest BCUT2D eigenvalue weighted by Gasteiger charge is -2.33. The van der Waals surface area contributed by atoms with Gasteiger partial charge in [0.1, 0.15) is 12.4 Å². The van der Waals surface area contributed by atoms with Crippen LogP contribution in [-0.2, 0) is 20.7 Å². The molecule has 2 aromatic carbocycles. The quantitative estimate of drug-likeness (QED) is 0.765. The van der Waals surface area contributed by atoms with Crippen molar-refractivity contribution in [3.05, 3.63) is 70.8 Å². The number of amides is 1. The summed E-state index contributed by atoms with van der Waals surface area (Å²) in [5.41, 5.74) is 3.73. The maximum absolute atomic E-state index is 12.6. The van der Waals surface area contributed by atoms with Crippen molar-refractivity contribution in [3.8, 4) is 5.75 Å². The van der Waals surface area contributed by atoms with Gasteiger partial charge in [-0.3, -0.25) is 4.79 Å². The van der Waals surface area contributed by atoms with Gasteiger partial charge in [-0.25, -0.2) is 4.79 Å². The van der Waals surface area contributed by atoms with Crippen LogP contribution in [0.2, 0.25) is 0 Å². The Morgan fingerprint density at radius 2 is 1.93 bits per heavy atom. The maximum atomic E-state index is 12.6. The molecule has 0 saturated heterocycles. The second-order valence-electron chi connectivity index (χ2n) is 7.18. The Morgan fingerprint density at radius 1 is 1.14 bits per heavy atom. The highest BCUT2D eigenvalue weighted by Crippen LogP contribution is 2.33. The van der Waals surface area contributed by atoms with Crippen molar-refractivity contribution in [3.63, 3.8) is 0 Å². The Morgan fingerprint density at radius 3 is 2.82 bits per heavy atom. The summed E-state index contributed by atoms with van der Waals surface area (Å²) in [5.74, 6) is 0.0268. The summed E-state index contributed by atoms with van der Waals surface area (Å²) in [4.78, 5) is 26.7. The number of likely N-dealkylation sites (N-methyl/N-ethyl adjacent to an activating group) is 1. The van der Waals surface area contributed by atoms with Gasteiger partial charge >= 0.3 is 5.97 Å². The molecule has 1 heterocycles. The SMILES string of the molecule is CN(C(=O)COC(=O)C1=Cc2ccccc2OC1)C1CCCc2ccccc21. The van der Waals surface area contributed by atoms with Gasteiger partial charge in [0, 0.05) is 12.6 Å². The van der Waals surface area contributed by atoms with Crippen LogP contribution in [0.3, 0.4) is 0 Å². The number of hydrogen-bond acceptors (Lipinski definition) is 4. The van der Waals surface area contributed by atoms with E-state index in [0.717, 1.165) is 30.6 Å². The molecule has 28 heavy (non-hydrogen) atoms. The van der Waals surface area contributed by atoms with Gasteiger partial charge in [-0.2, -0.15) is 0 Å². The fourth-order valence-corrected chi connectivity index (χ4v) is 3.86. The first kappa shape index (κ1) is 18.3. The Hall–Kier alpha value is -3.08. The highest BCUT2D eigenvalue weighted by atomic mass is 16.5. The zero-order valence-corrected chi connectivity index (χ0v) is 15.9. The second-order valence-corrected chi connectivity index (χ2v) is 7.18. The number of benzene rings is 2. The number of ether oxygens (including phenoxy) is 2. The van der Waals surface area contributed by atoms with E-state index in [1.165, 1.54) is 11.1 Å². The predicted molar refractivity (Wildman–Crippen MR) is 106 cm³/mol. The molecule has 5 heteroatoms. The average molecular weight is 377 g/mol. The molecule has 0 N–H and O–H groups in total. The molecule has 1 unspecified atom stereocenters. The molecular formula is C23H23NO4. The van der Waals surface area contributed by atoms with Crippen LogP contribution in [0.5, 0.6) is 5.75 Å². The van der Waals surface area contributed by atoms with Crippen molar-refractivity contribution in [1.82, 2.24) is 4.90 Å². The van der Waals surface area contributed by atoms with E-state index in [-0.39, 0.29) is 25.2 Å². The molecule has 2 aliphatic rings. The number of para-hydroxylation sites is 1. The molecule has 1 amide bonds. The number of rotatable bonds is 4. The molecule has 0 radical (unpaired) electrons. The molecular weight excluding hydrogens is 354 g/mol. The standard InChI is InChI=1S/C23H23NO4/c1-24(20-11-6-9-16-7-2-4-10-19(16)20)22(25)15-28-23(26)18-13-17-8-3-5-12-21(17)27-14-18/h2-5,7-8,10,12-13,20H,6,9,11,14-15H2,1H3. The van der Waals surface area contributed by atoms with E-state index in [1.807, 2.05) is 36.4 Å². The summed E-state index contributed by atoms with van der Waals surface area (Å²) >= 11 is 0. The van der Waals surface area contributed by atoms with Gasteiger partial charge in [-0.05, 0) is 42.5 Å². The van der Waals surface area contributed by atoms with Gasteiger partial charge in [0.2, 0.25) is 0 Å². The Balaban J connectivity index is 1.38. The number of esters is 1. The third kappa shape index (κ3) is 3.65. The molecule has 0 bridgehead atoms. The van der Waals surface area contributed by atoms with E-state index < -0.39 is 5.97 Å². The van der Waals surface area contributed by atoms with Crippen LogP contribution in [0.4, 0.5) is 0 Å². The van der Waals surface area contributed by atoms with Crippen molar-refractivity contribution >= 4 is 18.0 Å². The lowest BCUT2D eigenvalue weighted by atomic mass is 9.87. The highest BCUT2D eigenvalue weighted by molar-refractivity contribution is 5.96. The number of hydrogen-bond donors (Lipinski definition) is 0. The molecule has 1 aliphatic heterocycles. The molecule has 1 aliphatic carbocycles. The molecule has 0 aromatic heterocycles. The van der Waals surface area contributed by atoms with E-state index in [0.29, 0.717) is 5.57 Å². The van der Waals surface area contributed by atoms with Gasteiger partial charge in [0.05, 0.1) is 11.6 Å². The van der Waals surface area contributed by atoms with Crippen LogP contribution in [-0.4, -0.2) is 37.0 Å². The molecule has 1 atom stereocenters. The summed E-state index contributed by atoms with van der Waals surface area (Å²) in [6, 6.07) is 15.8. The Kier molecular flexibility index (Phi) is 5.15. The van der Waals surface area contributed by atoms with Crippen LogP contribution in [0, 0.1) is 0 Å². The first-order valence-electron chi connectivity index (χ1n) is 9.56. The third-order valence-corrected chi connectivity index (χ3v) is 5.42.